The smallest absolute Gasteiger partial charge is 0.240 e. The van der Waals surface area contributed by atoms with Gasteiger partial charge in [0.25, 0.3) is 0 Å². The number of nitrogens with one attached hydrogen (secondary N) is 1. The summed E-state index contributed by atoms with van der Waals surface area (Å²) in [5.74, 6) is -0.0790. The lowest BCUT2D eigenvalue weighted by Gasteiger charge is -2.18. The van der Waals surface area contributed by atoms with Gasteiger partial charge in [-0.3, -0.25) is 4.79 Å². The summed E-state index contributed by atoms with van der Waals surface area (Å²) in [7, 11) is -3.49. The number of rotatable bonds is 5. The van der Waals surface area contributed by atoms with Crippen molar-refractivity contribution in [1.29, 1.82) is 0 Å². The fourth-order valence-corrected chi connectivity index (χ4v) is 2.54. The molecule has 0 spiro atoms. The minimum absolute atomic E-state index is 0.0790. The molecule has 0 saturated heterocycles. The van der Waals surface area contributed by atoms with Crippen molar-refractivity contribution < 1.29 is 13.2 Å². The molecule has 0 aliphatic rings. The third kappa shape index (κ3) is 5.12. The van der Waals surface area contributed by atoms with Gasteiger partial charge in [0.1, 0.15) is 0 Å². The van der Waals surface area contributed by atoms with E-state index in [1.807, 2.05) is 0 Å². The number of sulfonamides is 1. The van der Waals surface area contributed by atoms with Crippen LogP contribution in [0.1, 0.15) is 44.5 Å². The summed E-state index contributed by atoms with van der Waals surface area (Å²) in [4.78, 5) is 11.3. The lowest BCUT2D eigenvalue weighted by atomic mass is 9.93. The molecule has 0 amide bonds. The van der Waals surface area contributed by atoms with E-state index in [0.717, 1.165) is 6.42 Å². The van der Waals surface area contributed by atoms with Crippen molar-refractivity contribution in [2.75, 3.05) is 6.54 Å². The highest BCUT2D eigenvalue weighted by molar-refractivity contribution is 7.89. The van der Waals surface area contributed by atoms with Crippen LogP contribution in [-0.4, -0.2) is 20.7 Å². The van der Waals surface area contributed by atoms with Crippen LogP contribution in [0.2, 0.25) is 0 Å². The van der Waals surface area contributed by atoms with Crippen LogP contribution in [0.4, 0.5) is 0 Å². The van der Waals surface area contributed by atoms with E-state index in [2.05, 4.69) is 25.5 Å². The van der Waals surface area contributed by atoms with Gasteiger partial charge in [-0.05, 0) is 30.9 Å². The standard InChI is InChI=1S/C14H21NO3S/c1-11(16)12-5-7-13(8-6-12)19(17,18)15-10-9-14(2,3)4/h5-8,15H,9-10H2,1-4H3. The predicted molar refractivity (Wildman–Crippen MR) is 75.7 cm³/mol. The molecule has 1 rings (SSSR count). The monoisotopic (exact) mass is 283 g/mol. The van der Waals surface area contributed by atoms with E-state index in [4.69, 9.17) is 0 Å². The van der Waals surface area contributed by atoms with Crippen LogP contribution < -0.4 is 4.72 Å². The van der Waals surface area contributed by atoms with E-state index in [1.54, 1.807) is 0 Å². The quantitative estimate of drug-likeness (QED) is 0.845. The Morgan fingerprint density at radius 3 is 2.11 bits per heavy atom. The molecule has 0 aromatic heterocycles. The molecule has 4 nitrogen and oxygen atoms in total. The van der Waals surface area contributed by atoms with Crippen LogP contribution in [0, 0.1) is 5.41 Å². The number of Topliss-reactive ketones (excluding diaryl/α,β-unsaturated/α-hetero) is 1. The predicted octanol–water partition coefficient (Wildman–Crippen LogP) is 2.60. The molecule has 1 aromatic rings. The molecule has 0 bridgehead atoms. The van der Waals surface area contributed by atoms with Gasteiger partial charge in [0.05, 0.1) is 4.90 Å². The first-order valence-corrected chi connectivity index (χ1v) is 7.71. The maximum absolute atomic E-state index is 12.0. The Morgan fingerprint density at radius 1 is 1.16 bits per heavy atom. The molecular weight excluding hydrogens is 262 g/mol. The molecule has 0 aliphatic carbocycles. The molecule has 0 radical (unpaired) electrons. The minimum Gasteiger partial charge on any atom is -0.295 e. The highest BCUT2D eigenvalue weighted by Gasteiger charge is 2.16. The average Bonchev–Trinajstić information content (AvgIpc) is 2.27. The number of carbonyl (C=O) groups excluding carboxylic acids is 1. The van der Waals surface area contributed by atoms with E-state index in [9.17, 15) is 13.2 Å². The Labute approximate surface area is 115 Å². The molecule has 1 N–H and O–H groups in total. The third-order valence-electron chi connectivity index (χ3n) is 2.74. The number of carbonyl (C=O) groups is 1. The van der Waals surface area contributed by atoms with Gasteiger partial charge >= 0.3 is 0 Å². The first-order valence-electron chi connectivity index (χ1n) is 6.22. The zero-order valence-corrected chi connectivity index (χ0v) is 12.7. The van der Waals surface area contributed by atoms with Crippen LogP contribution in [0.25, 0.3) is 0 Å². The lowest BCUT2D eigenvalue weighted by Crippen LogP contribution is -2.27. The molecule has 19 heavy (non-hydrogen) atoms. The Morgan fingerprint density at radius 2 is 1.68 bits per heavy atom. The van der Waals surface area contributed by atoms with Crippen LogP contribution >= 0.6 is 0 Å². The number of benzene rings is 1. The van der Waals surface area contributed by atoms with Crippen molar-refractivity contribution in [3.8, 4) is 0 Å². The normalized spacial score (nSPS) is 12.4. The molecule has 0 heterocycles. The van der Waals surface area contributed by atoms with Crippen molar-refractivity contribution in [2.24, 2.45) is 5.41 Å². The SMILES string of the molecule is CC(=O)c1ccc(S(=O)(=O)NCCC(C)(C)C)cc1. The van der Waals surface area contributed by atoms with E-state index >= 15 is 0 Å². The van der Waals surface area contributed by atoms with Gasteiger partial charge < -0.3 is 0 Å². The van der Waals surface area contributed by atoms with Crippen LogP contribution in [-0.2, 0) is 10.0 Å². The molecule has 0 fully saturated rings. The van der Waals surface area contributed by atoms with Crippen molar-refractivity contribution in [3.05, 3.63) is 29.8 Å². The second-order valence-electron chi connectivity index (χ2n) is 5.79. The van der Waals surface area contributed by atoms with E-state index in [1.165, 1.54) is 31.2 Å². The molecule has 106 valence electrons. The van der Waals surface area contributed by atoms with Gasteiger partial charge in [-0.1, -0.05) is 32.9 Å². The summed E-state index contributed by atoms with van der Waals surface area (Å²) in [6.07, 6.45) is 0.762. The summed E-state index contributed by atoms with van der Waals surface area (Å²) in [5.41, 5.74) is 0.592. The fraction of sp³-hybridized carbons (Fsp3) is 0.500. The summed E-state index contributed by atoms with van der Waals surface area (Å²) >= 11 is 0. The number of ketones is 1. The maximum Gasteiger partial charge on any atom is 0.240 e. The first kappa shape index (κ1) is 15.9. The maximum atomic E-state index is 12.0. The van der Waals surface area contributed by atoms with E-state index in [0.29, 0.717) is 12.1 Å². The van der Waals surface area contributed by atoms with Crippen molar-refractivity contribution in [2.45, 2.75) is 39.0 Å². The Balaban J connectivity index is 2.75. The number of hydrogen-bond acceptors (Lipinski definition) is 3. The summed E-state index contributed by atoms with van der Waals surface area (Å²) < 4.78 is 26.6. The highest BCUT2D eigenvalue weighted by Crippen LogP contribution is 2.18. The van der Waals surface area contributed by atoms with Crippen molar-refractivity contribution in [1.82, 2.24) is 4.72 Å². The molecule has 1 aromatic carbocycles. The van der Waals surface area contributed by atoms with Gasteiger partial charge in [0.15, 0.2) is 5.78 Å². The number of hydrogen-bond donors (Lipinski definition) is 1. The molecule has 0 saturated carbocycles. The van der Waals surface area contributed by atoms with Crippen LogP contribution in [0.3, 0.4) is 0 Å². The van der Waals surface area contributed by atoms with E-state index < -0.39 is 10.0 Å². The Bertz CT molecular complexity index is 539. The summed E-state index contributed by atoms with van der Waals surface area (Å²) in [5, 5.41) is 0. The molecule has 0 atom stereocenters. The summed E-state index contributed by atoms with van der Waals surface area (Å²) in [6.45, 7) is 8.03. The van der Waals surface area contributed by atoms with Crippen LogP contribution in [0.15, 0.2) is 29.2 Å². The van der Waals surface area contributed by atoms with Crippen LogP contribution in [0.5, 0.6) is 0 Å². The Kier molecular flexibility index (Phi) is 4.87. The first-order chi connectivity index (χ1) is 8.62. The topological polar surface area (TPSA) is 63.2 Å². The minimum atomic E-state index is -3.49. The molecule has 0 aliphatic heterocycles. The van der Waals surface area contributed by atoms with Crippen molar-refractivity contribution >= 4 is 15.8 Å². The Hall–Kier alpha value is -1.20. The second kappa shape index (κ2) is 5.84. The largest absolute Gasteiger partial charge is 0.295 e. The highest BCUT2D eigenvalue weighted by atomic mass is 32.2. The van der Waals surface area contributed by atoms with Gasteiger partial charge in [0.2, 0.25) is 10.0 Å². The molecular formula is C14H21NO3S. The molecule has 0 unspecified atom stereocenters. The second-order valence-corrected chi connectivity index (χ2v) is 7.56. The average molecular weight is 283 g/mol. The van der Waals surface area contributed by atoms with Gasteiger partial charge in [-0.15, -0.1) is 0 Å². The van der Waals surface area contributed by atoms with Gasteiger partial charge in [-0.25, -0.2) is 13.1 Å². The van der Waals surface area contributed by atoms with Crippen molar-refractivity contribution in [3.63, 3.8) is 0 Å². The summed E-state index contributed by atoms with van der Waals surface area (Å²) in [6, 6.07) is 5.97. The van der Waals surface area contributed by atoms with Gasteiger partial charge in [0, 0.05) is 12.1 Å². The lowest BCUT2D eigenvalue weighted by molar-refractivity contribution is 0.101. The fourth-order valence-electron chi connectivity index (χ4n) is 1.51. The zero-order chi connectivity index (χ0) is 14.7. The molecule has 5 heteroatoms. The van der Waals surface area contributed by atoms with E-state index in [-0.39, 0.29) is 16.1 Å². The third-order valence-corrected chi connectivity index (χ3v) is 4.22. The van der Waals surface area contributed by atoms with Gasteiger partial charge in [-0.2, -0.15) is 0 Å². The zero-order valence-electron chi connectivity index (χ0n) is 11.9.